The number of benzene rings is 1. The van der Waals surface area contributed by atoms with Gasteiger partial charge in [-0.25, -0.2) is 4.68 Å². The van der Waals surface area contributed by atoms with E-state index in [9.17, 15) is 0 Å². The van der Waals surface area contributed by atoms with Crippen LogP contribution in [0.5, 0.6) is 0 Å². The number of nitrogens with one attached hydrogen (secondary N) is 1. The molecule has 0 saturated heterocycles. The van der Waals surface area contributed by atoms with Crippen LogP contribution in [0.25, 0.3) is 0 Å². The van der Waals surface area contributed by atoms with Crippen molar-refractivity contribution in [3.63, 3.8) is 0 Å². The molecule has 4 nitrogen and oxygen atoms in total. The van der Waals surface area contributed by atoms with Crippen molar-refractivity contribution in [3.8, 4) is 0 Å². The zero-order chi connectivity index (χ0) is 8.23. The number of hydrogen-bond acceptors (Lipinski definition) is 3. The van der Waals surface area contributed by atoms with Crippen LogP contribution in [-0.2, 0) is 0 Å². The summed E-state index contributed by atoms with van der Waals surface area (Å²) in [6.07, 6.45) is 3.21. The van der Waals surface area contributed by atoms with Gasteiger partial charge in [0, 0.05) is 0 Å². The number of nitrogens with zero attached hydrogens (tertiary/aromatic N) is 3. The first-order chi connectivity index (χ1) is 5.95. The molecule has 1 aromatic heterocycles. The summed E-state index contributed by atoms with van der Waals surface area (Å²) in [4.78, 5) is 0. The molecule has 0 radical (unpaired) electrons. The van der Waals surface area contributed by atoms with Crippen molar-refractivity contribution in [1.29, 1.82) is 0 Å². The molecule has 1 heterocycles. The maximum absolute atomic E-state index is 3.67. The van der Waals surface area contributed by atoms with E-state index in [1.807, 2.05) is 30.3 Å². The van der Waals surface area contributed by atoms with Gasteiger partial charge in [0.25, 0.3) is 0 Å². The highest BCUT2D eigenvalue weighted by Gasteiger charge is 1.89. The second kappa shape index (κ2) is 3.04. The molecular formula is C8H8N4. The van der Waals surface area contributed by atoms with Gasteiger partial charge >= 0.3 is 0 Å². The third-order valence-electron chi connectivity index (χ3n) is 1.45. The first-order valence-electron chi connectivity index (χ1n) is 3.62. The van der Waals surface area contributed by atoms with Gasteiger partial charge in [-0.2, -0.15) is 0 Å². The van der Waals surface area contributed by atoms with Crippen LogP contribution in [0.15, 0.2) is 43.0 Å². The smallest absolute Gasteiger partial charge is 0.139 e. The topological polar surface area (TPSA) is 42.7 Å². The molecular weight excluding hydrogens is 152 g/mol. The summed E-state index contributed by atoms with van der Waals surface area (Å²) in [7, 11) is 0. The Morgan fingerprint density at radius 1 is 1.00 bits per heavy atom. The fraction of sp³-hybridized carbons (Fsp3) is 0. The molecule has 0 unspecified atom stereocenters. The normalized spacial score (nSPS) is 9.67. The predicted molar refractivity (Wildman–Crippen MR) is 45.5 cm³/mol. The third kappa shape index (κ3) is 1.42. The molecule has 2 aromatic rings. The van der Waals surface area contributed by atoms with E-state index in [-0.39, 0.29) is 0 Å². The average molecular weight is 160 g/mol. The molecule has 0 saturated carbocycles. The Balaban J connectivity index is 2.15. The number of rotatable bonds is 2. The number of para-hydroxylation sites is 1. The van der Waals surface area contributed by atoms with Gasteiger partial charge in [0.15, 0.2) is 0 Å². The van der Waals surface area contributed by atoms with Crippen molar-refractivity contribution >= 4 is 5.69 Å². The molecule has 1 aromatic carbocycles. The van der Waals surface area contributed by atoms with Crippen LogP contribution in [0.2, 0.25) is 0 Å². The number of hydrogen-bond donors (Lipinski definition) is 1. The van der Waals surface area contributed by atoms with Crippen molar-refractivity contribution in [2.45, 2.75) is 0 Å². The molecule has 12 heavy (non-hydrogen) atoms. The zero-order valence-corrected chi connectivity index (χ0v) is 6.38. The molecule has 60 valence electrons. The van der Waals surface area contributed by atoms with Crippen LogP contribution in [0.1, 0.15) is 0 Å². The Hall–Kier alpha value is -1.84. The lowest BCUT2D eigenvalue weighted by Crippen LogP contribution is -2.05. The Morgan fingerprint density at radius 3 is 2.33 bits per heavy atom. The van der Waals surface area contributed by atoms with E-state index in [2.05, 4.69) is 15.6 Å². The maximum Gasteiger partial charge on any atom is 0.139 e. The van der Waals surface area contributed by atoms with Crippen molar-refractivity contribution in [3.05, 3.63) is 43.0 Å². The van der Waals surface area contributed by atoms with E-state index >= 15 is 0 Å². The lowest BCUT2D eigenvalue weighted by molar-refractivity contribution is 0.952. The van der Waals surface area contributed by atoms with Crippen molar-refractivity contribution in [1.82, 2.24) is 14.9 Å². The second-order valence-electron chi connectivity index (χ2n) is 2.35. The summed E-state index contributed by atoms with van der Waals surface area (Å²) in [6, 6.07) is 9.84. The van der Waals surface area contributed by atoms with Gasteiger partial charge in [0.05, 0.1) is 5.69 Å². The van der Waals surface area contributed by atoms with E-state index in [0.717, 1.165) is 5.69 Å². The first-order valence-corrected chi connectivity index (χ1v) is 3.62. The second-order valence-corrected chi connectivity index (χ2v) is 2.35. The molecule has 0 aliphatic rings. The van der Waals surface area contributed by atoms with Gasteiger partial charge in [-0.3, -0.25) is 5.43 Å². The predicted octanol–water partition coefficient (Wildman–Crippen LogP) is 1.15. The fourth-order valence-electron chi connectivity index (χ4n) is 0.920. The molecule has 0 spiro atoms. The zero-order valence-electron chi connectivity index (χ0n) is 6.38. The molecule has 4 heteroatoms. The van der Waals surface area contributed by atoms with Crippen molar-refractivity contribution < 1.29 is 0 Å². The first kappa shape index (κ1) is 6.84. The van der Waals surface area contributed by atoms with Crippen LogP contribution in [0.3, 0.4) is 0 Å². The standard InChI is InChI=1S/C8H8N4/c1-2-4-8(5-3-1)11-12-6-9-10-7-12/h1-7,11H. The van der Waals surface area contributed by atoms with Crippen LogP contribution >= 0.6 is 0 Å². The summed E-state index contributed by atoms with van der Waals surface area (Å²) in [5, 5.41) is 7.34. The summed E-state index contributed by atoms with van der Waals surface area (Å²) in [5.74, 6) is 0. The number of aromatic nitrogens is 3. The lowest BCUT2D eigenvalue weighted by atomic mass is 10.3. The highest BCUT2D eigenvalue weighted by molar-refractivity contribution is 5.41. The summed E-state index contributed by atoms with van der Waals surface area (Å²) >= 11 is 0. The van der Waals surface area contributed by atoms with Crippen molar-refractivity contribution in [2.24, 2.45) is 0 Å². The summed E-state index contributed by atoms with van der Waals surface area (Å²) in [5.41, 5.74) is 4.09. The van der Waals surface area contributed by atoms with Crippen LogP contribution in [-0.4, -0.2) is 14.9 Å². The highest BCUT2D eigenvalue weighted by atomic mass is 15.5. The number of anilines is 1. The minimum Gasteiger partial charge on any atom is -0.292 e. The van der Waals surface area contributed by atoms with E-state index in [0.29, 0.717) is 0 Å². The van der Waals surface area contributed by atoms with Crippen LogP contribution in [0.4, 0.5) is 5.69 Å². The van der Waals surface area contributed by atoms with Crippen molar-refractivity contribution in [2.75, 3.05) is 5.43 Å². The molecule has 0 aliphatic heterocycles. The minimum atomic E-state index is 1.01. The molecule has 0 aliphatic carbocycles. The van der Waals surface area contributed by atoms with Gasteiger partial charge in [-0.1, -0.05) is 18.2 Å². The Morgan fingerprint density at radius 2 is 1.67 bits per heavy atom. The lowest BCUT2D eigenvalue weighted by Gasteiger charge is -2.03. The SMILES string of the molecule is c1ccc(Nn2cnnc2)cc1. The summed E-state index contributed by atoms with van der Waals surface area (Å²) in [6.45, 7) is 0. The van der Waals surface area contributed by atoms with Gasteiger partial charge in [0.1, 0.15) is 12.7 Å². The molecule has 0 bridgehead atoms. The molecule has 2 rings (SSSR count). The van der Waals surface area contributed by atoms with Crippen LogP contribution in [0, 0.1) is 0 Å². The van der Waals surface area contributed by atoms with E-state index in [1.54, 1.807) is 17.3 Å². The van der Waals surface area contributed by atoms with E-state index < -0.39 is 0 Å². The Labute approximate surface area is 69.8 Å². The van der Waals surface area contributed by atoms with Gasteiger partial charge in [-0.15, -0.1) is 10.2 Å². The van der Waals surface area contributed by atoms with Gasteiger partial charge in [-0.05, 0) is 12.1 Å². The fourth-order valence-corrected chi connectivity index (χ4v) is 0.920. The molecule has 0 atom stereocenters. The maximum atomic E-state index is 3.67. The van der Waals surface area contributed by atoms with E-state index in [4.69, 9.17) is 0 Å². The summed E-state index contributed by atoms with van der Waals surface area (Å²) < 4.78 is 1.69. The molecule has 0 fully saturated rings. The van der Waals surface area contributed by atoms with E-state index in [1.165, 1.54) is 0 Å². The monoisotopic (exact) mass is 160 g/mol. The minimum absolute atomic E-state index is 1.01. The quantitative estimate of drug-likeness (QED) is 0.716. The molecule has 1 N–H and O–H groups in total. The highest BCUT2D eigenvalue weighted by Crippen LogP contribution is 2.04. The average Bonchev–Trinajstić information content (AvgIpc) is 2.59. The van der Waals surface area contributed by atoms with Crippen LogP contribution < -0.4 is 5.43 Å². The molecule has 0 amide bonds. The van der Waals surface area contributed by atoms with Gasteiger partial charge < -0.3 is 0 Å². The third-order valence-corrected chi connectivity index (χ3v) is 1.45. The van der Waals surface area contributed by atoms with Gasteiger partial charge in [0.2, 0.25) is 0 Å². The largest absolute Gasteiger partial charge is 0.292 e. The Kier molecular flexibility index (Phi) is 1.74. The Bertz CT molecular complexity index is 327.